The topological polar surface area (TPSA) is 272 Å². The summed E-state index contributed by atoms with van der Waals surface area (Å²) in [5, 5.41) is 2.22. The first kappa shape index (κ1) is 38.1. The molecule has 17 heteroatoms. The number of aromatic nitrogens is 4. The van der Waals surface area contributed by atoms with E-state index in [-0.39, 0.29) is 22.3 Å². The van der Waals surface area contributed by atoms with Gasteiger partial charge in [-0.15, -0.1) is 20.5 Å². The summed E-state index contributed by atoms with van der Waals surface area (Å²) in [7, 11) is -9.89. The molecule has 1 aromatic carbocycles. The van der Waals surface area contributed by atoms with Gasteiger partial charge in [0, 0.05) is 48.5 Å². The first-order chi connectivity index (χ1) is 19.2. The van der Waals surface area contributed by atoms with Crippen LogP contribution >= 0.6 is 0 Å². The van der Waals surface area contributed by atoms with Crippen LogP contribution in [0.5, 0.6) is 0 Å². The smallest absolute Gasteiger partial charge is 0.457 e. The van der Waals surface area contributed by atoms with Gasteiger partial charge in [-0.25, -0.2) is 42.3 Å². The van der Waals surface area contributed by atoms with Gasteiger partial charge in [0.15, 0.2) is 0 Å². The average molecular weight is 682 g/mol. The van der Waals surface area contributed by atoms with Crippen molar-refractivity contribution in [1.82, 2.24) is 24.8 Å². The van der Waals surface area contributed by atoms with Crippen molar-refractivity contribution in [2.45, 2.75) is 26.6 Å². The molecule has 0 atom stereocenters. The zero-order chi connectivity index (χ0) is 30.0. The Bertz CT molecular complexity index is 1480. The quantitative estimate of drug-likeness (QED) is 0.120. The van der Waals surface area contributed by atoms with E-state index in [0.29, 0.717) is 6.54 Å². The summed E-state index contributed by atoms with van der Waals surface area (Å²) in [6, 6.07) is 24.7. The first-order valence-corrected chi connectivity index (χ1v) is 14.1. The maximum atomic E-state index is 8.49. The molecule has 0 bridgehead atoms. The minimum Gasteiger partial charge on any atom is -0.457 e. The first-order valence-electron chi connectivity index (χ1n) is 11.7. The molecule has 0 saturated heterocycles. The second-order valence-corrected chi connectivity index (χ2v) is 10.0. The van der Waals surface area contributed by atoms with Crippen LogP contribution in [0.15, 0.2) is 85.2 Å². The van der Waals surface area contributed by atoms with Crippen molar-refractivity contribution in [1.29, 1.82) is 0 Å². The van der Waals surface area contributed by atoms with E-state index in [1.165, 1.54) is 0 Å². The third kappa shape index (κ3) is 14.8. The molecule has 4 aromatic heterocycles. The van der Waals surface area contributed by atoms with E-state index in [1.807, 2.05) is 49.6 Å². The van der Waals surface area contributed by atoms with Crippen molar-refractivity contribution in [3.63, 3.8) is 0 Å². The van der Waals surface area contributed by atoms with E-state index in [9.17, 15) is 0 Å². The number of fused-ring (bicyclic) bond motifs is 3. The molecule has 43 heavy (non-hydrogen) atoms. The van der Waals surface area contributed by atoms with E-state index >= 15 is 0 Å². The fraction of sp³-hybridized carbons (Fsp3) is 0.154. The number of hydrogen-bond acceptors (Lipinski definition) is 13. The maximum Gasteiger partial charge on any atom is 3.00 e. The fourth-order valence-corrected chi connectivity index (χ4v) is 3.83. The van der Waals surface area contributed by atoms with E-state index < -0.39 is 20.5 Å². The predicted molar refractivity (Wildman–Crippen MR) is 128 cm³/mol. The Morgan fingerprint density at radius 3 is 1.40 bits per heavy atom. The summed E-state index contributed by atoms with van der Waals surface area (Å²) in [5.74, 6) is 0. The van der Waals surface area contributed by atoms with Crippen molar-refractivity contribution in [2.24, 2.45) is 0 Å². The number of rotatable bonds is 6. The molecule has 0 unspecified atom stereocenters. The van der Waals surface area contributed by atoms with Gasteiger partial charge in [-0.05, 0) is 43.3 Å². The average Bonchev–Trinajstić information content (AvgIpc) is 2.88. The summed E-state index contributed by atoms with van der Waals surface area (Å²) in [5.41, 5.74) is 5.98. The van der Waals surface area contributed by atoms with Crippen molar-refractivity contribution in [3.8, 4) is 0 Å². The molecule has 0 spiro atoms. The minimum absolute atomic E-state index is 0. The van der Waals surface area contributed by atoms with Gasteiger partial charge in [-0.2, -0.15) is 0 Å². The van der Waals surface area contributed by atoms with Crippen LogP contribution in [0.1, 0.15) is 22.8 Å². The molecule has 0 saturated carbocycles. The Balaban J connectivity index is 0.000000672. The van der Waals surface area contributed by atoms with E-state index in [0.717, 1.165) is 57.7 Å². The number of benzene rings is 1. The zero-order valence-corrected chi connectivity index (χ0v) is 24.9. The van der Waals surface area contributed by atoms with Crippen LogP contribution in [-0.4, -0.2) is 24.8 Å². The Kier molecular flexibility index (Phi) is 15.4. The number of pyridine rings is 4. The molecule has 0 fully saturated rings. The monoisotopic (exact) mass is 681 g/mol. The third-order valence-corrected chi connectivity index (χ3v) is 5.33. The van der Waals surface area contributed by atoms with Gasteiger partial charge in [0.05, 0.1) is 28.1 Å². The van der Waals surface area contributed by atoms with Gasteiger partial charge in [0.2, 0.25) is 0 Å². The molecule has 0 aliphatic heterocycles. The fourth-order valence-electron chi connectivity index (χ4n) is 3.83. The summed E-state index contributed by atoms with van der Waals surface area (Å²) >= 11 is 0. The molecule has 0 aliphatic carbocycles. The Hall–Kier alpha value is -2.97. The van der Waals surface area contributed by atoms with E-state index in [4.69, 9.17) is 47.2 Å². The predicted octanol–water partition coefficient (Wildman–Crippen LogP) is -5.35. The summed E-state index contributed by atoms with van der Waals surface area (Å²) in [6.45, 7) is 4.17. The molecule has 4 heterocycles. The van der Waals surface area contributed by atoms with Crippen LogP contribution in [-0.2, 0) is 41.9 Å². The molecule has 0 radical (unpaired) electrons. The van der Waals surface area contributed by atoms with Crippen molar-refractivity contribution in [3.05, 3.63) is 108 Å². The van der Waals surface area contributed by atoms with Crippen molar-refractivity contribution in [2.75, 3.05) is 0 Å². The largest absolute Gasteiger partial charge is 3.00 e. The third-order valence-electron chi connectivity index (χ3n) is 5.33. The van der Waals surface area contributed by atoms with Crippen LogP contribution in [0.25, 0.3) is 21.8 Å². The second kappa shape index (κ2) is 17.4. The zero-order valence-electron chi connectivity index (χ0n) is 22.4. The Morgan fingerprint density at radius 1 is 0.558 bits per heavy atom. The van der Waals surface area contributed by atoms with E-state index in [2.05, 4.69) is 57.3 Å². The van der Waals surface area contributed by atoms with Crippen LogP contribution < -0.4 is 37.3 Å². The Labute approximate surface area is 260 Å². The molecule has 14 nitrogen and oxygen atoms in total. The SMILES string of the molecule is Cc1ccc2ccc3ccc(CN(Cc4ccccn4)Cc4ccccn4)nc3c2n1.[Co+3].[O-][Cl+3]([O-])([O-])[O-].[O-][Cl+3]([O-])([O-])[O-].[OH3+]. The summed E-state index contributed by atoms with van der Waals surface area (Å²) in [6.07, 6.45) is 3.67. The van der Waals surface area contributed by atoms with Crippen molar-refractivity contribution >= 4 is 21.8 Å². The minimum atomic E-state index is -4.94. The second-order valence-electron chi connectivity index (χ2n) is 8.51. The molecule has 5 rings (SSSR count). The van der Waals surface area contributed by atoms with Gasteiger partial charge in [0.25, 0.3) is 0 Å². The van der Waals surface area contributed by atoms with Crippen LogP contribution in [0.4, 0.5) is 0 Å². The van der Waals surface area contributed by atoms with Gasteiger partial charge >= 0.3 is 16.8 Å². The van der Waals surface area contributed by atoms with Gasteiger partial charge in [-0.1, -0.05) is 36.4 Å². The molecule has 5 aromatic rings. The summed E-state index contributed by atoms with van der Waals surface area (Å²) < 4.78 is 67.9. The molecule has 0 aliphatic rings. The summed E-state index contributed by atoms with van der Waals surface area (Å²) in [4.78, 5) is 21.1. The van der Waals surface area contributed by atoms with Crippen LogP contribution in [0, 0.1) is 27.4 Å². The maximum absolute atomic E-state index is 8.49. The normalized spacial score (nSPS) is 11.0. The van der Waals surface area contributed by atoms with E-state index in [1.54, 1.807) is 0 Å². The molecule has 3 N–H and O–H groups in total. The number of hydrogen-bond donors (Lipinski definition) is 0. The number of nitrogens with zero attached hydrogens (tertiary/aromatic N) is 5. The van der Waals surface area contributed by atoms with Gasteiger partial charge in [-0.3, -0.25) is 19.9 Å². The molecular formula is C26H26Cl2CoN5O9+2. The molecule has 230 valence electrons. The van der Waals surface area contributed by atoms with Gasteiger partial charge < -0.3 is 5.48 Å². The van der Waals surface area contributed by atoms with Crippen LogP contribution in [0.2, 0.25) is 0 Å². The Morgan fingerprint density at radius 2 is 0.953 bits per heavy atom. The standard InChI is InChI=1S/C26H23N5.2ClHO4.Co.H2O/c1-19-8-9-20-10-11-21-12-13-24(30-26(21)25(20)29-19)18-31(16-22-6-2-4-14-27-22)17-23-7-3-5-15-28-23;2*2-1(3,4)5;;/h2-15H,16-18H2,1H3;2*(H,2,3,4,5);;1H2/q;;;+3;/p-1. The number of aryl methyl sites for hydroxylation is 1. The molecular weight excluding hydrogens is 656 g/mol. The molecule has 0 amide bonds. The van der Waals surface area contributed by atoms with Gasteiger partial charge in [0.1, 0.15) is 0 Å². The number of halogens is 2. The van der Waals surface area contributed by atoms with Crippen LogP contribution in [0.3, 0.4) is 0 Å². The van der Waals surface area contributed by atoms with Crippen molar-refractivity contribution < 1.29 is 80.0 Å².